The molecule has 1 saturated carbocycles. The predicted molar refractivity (Wildman–Crippen MR) is 123 cm³/mol. The summed E-state index contributed by atoms with van der Waals surface area (Å²) >= 11 is 0. The van der Waals surface area contributed by atoms with Crippen LogP contribution in [0.25, 0.3) is 11.0 Å². The van der Waals surface area contributed by atoms with Crippen molar-refractivity contribution < 1.29 is 9.30 Å². The topological polar surface area (TPSA) is 18.0 Å². The van der Waals surface area contributed by atoms with Crippen LogP contribution in [0.5, 0.6) is 0 Å². The van der Waals surface area contributed by atoms with Crippen LogP contribution in [0.15, 0.2) is 60.9 Å². The molecule has 2 aromatic carbocycles. The van der Waals surface area contributed by atoms with Crippen LogP contribution in [0.1, 0.15) is 76.2 Å². The summed E-state index contributed by atoms with van der Waals surface area (Å²) in [5.41, 5.74) is 3.84. The molecule has 0 radical (unpaired) electrons. The van der Waals surface area contributed by atoms with Gasteiger partial charge in [0.05, 0.1) is 6.10 Å². The lowest BCUT2D eigenvalue weighted by molar-refractivity contribution is -0.663. The number of hydrogen-bond donors (Lipinski definition) is 0. The van der Waals surface area contributed by atoms with E-state index >= 15 is 0 Å². The highest BCUT2D eigenvalue weighted by molar-refractivity contribution is 5.71. The van der Waals surface area contributed by atoms with E-state index in [0.717, 1.165) is 6.54 Å². The Hall–Kier alpha value is -2.13. The fourth-order valence-electron chi connectivity index (χ4n) is 4.73. The molecule has 4 rings (SSSR count). The van der Waals surface area contributed by atoms with Crippen LogP contribution in [0, 0.1) is 0 Å². The molecule has 3 aromatic rings. The lowest BCUT2D eigenvalue weighted by atomic mass is 9.99. The van der Waals surface area contributed by atoms with Gasteiger partial charge in [0.15, 0.2) is 17.8 Å². The number of para-hydroxylation sites is 2. The van der Waals surface area contributed by atoms with Gasteiger partial charge in [-0.2, -0.15) is 0 Å². The zero-order valence-corrected chi connectivity index (χ0v) is 18.3. The van der Waals surface area contributed by atoms with Gasteiger partial charge in [0.1, 0.15) is 6.54 Å². The summed E-state index contributed by atoms with van der Waals surface area (Å²) in [4.78, 5) is 0. The number of benzene rings is 2. The molecule has 0 amide bonds. The van der Waals surface area contributed by atoms with Crippen LogP contribution in [0.2, 0.25) is 0 Å². The highest BCUT2D eigenvalue weighted by Gasteiger charge is 2.17. The van der Waals surface area contributed by atoms with E-state index in [2.05, 4.69) is 70.1 Å². The molecule has 30 heavy (non-hydrogen) atoms. The first-order valence-corrected chi connectivity index (χ1v) is 12.0. The van der Waals surface area contributed by atoms with E-state index < -0.39 is 0 Å². The first-order chi connectivity index (χ1) is 14.9. The van der Waals surface area contributed by atoms with E-state index in [-0.39, 0.29) is 0 Å². The Morgan fingerprint density at radius 1 is 0.733 bits per heavy atom. The van der Waals surface area contributed by atoms with Gasteiger partial charge in [-0.15, -0.1) is 0 Å². The van der Waals surface area contributed by atoms with Crippen LogP contribution in [-0.4, -0.2) is 10.7 Å². The van der Waals surface area contributed by atoms with Gasteiger partial charge in [-0.05, 0) is 30.5 Å². The molecule has 160 valence electrons. The zero-order valence-electron chi connectivity index (χ0n) is 18.3. The van der Waals surface area contributed by atoms with Crippen LogP contribution < -0.4 is 4.57 Å². The van der Waals surface area contributed by atoms with Crippen molar-refractivity contribution >= 4 is 11.0 Å². The molecular weight excluding hydrogens is 368 g/mol. The maximum atomic E-state index is 6.49. The second-order valence-corrected chi connectivity index (χ2v) is 8.86. The fourth-order valence-corrected chi connectivity index (χ4v) is 4.73. The molecule has 1 aromatic heterocycles. The van der Waals surface area contributed by atoms with Crippen LogP contribution in [0.3, 0.4) is 0 Å². The highest BCUT2D eigenvalue weighted by Crippen LogP contribution is 2.20. The Kier molecular flexibility index (Phi) is 7.96. The first kappa shape index (κ1) is 21.1. The number of ether oxygens (including phenoxy) is 1. The minimum Gasteiger partial charge on any atom is -0.338 e. The van der Waals surface area contributed by atoms with Crippen molar-refractivity contribution in [3.05, 3.63) is 66.5 Å². The molecular formula is C27H37N2O+. The van der Waals surface area contributed by atoms with Crippen molar-refractivity contribution in [3.63, 3.8) is 0 Å². The molecule has 0 unspecified atom stereocenters. The lowest BCUT2D eigenvalue weighted by Crippen LogP contribution is -2.32. The van der Waals surface area contributed by atoms with E-state index in [0.29, 0.717) is 12.8 Å². The summed E-state index contributed by atoms with van der Waals surface area (Å²) in [7, 11) is 0. The van der Waals surface area contributed by atoms with Crippen molar-refractivity contribution in [2.24, 2.45) is 0 Å². The summed E-state index contributed by atoms with van der Waals surface area (Å²) in [6.07, 6.45) is 17.5. The molecule has 0 spiro atoms. The molecule has 0 atom stereocenters. The van der Waals surface area contributed by atoms with Gasteiger partial charge in [0.25, 0.3) is 0 Å². The molecule has 0 saturated heterocycles. The average Bonchev–Trinajstić information content (AvgIpc) is 3.12. The Bertz CT molecular complexity index is 874. The normalized spacial score (nSPS) is 17.5. The largest absolute Gasteiger partial charge is 0.338 e. The maximum Gasteiger partial charge on any atom is 0.246 e. The second kappa shape index (κ2) is 11.3. The van der Waals surface area contributed by atoms with Crippen LogP contribution in [0.4, 0.5) is 0 Å². The summed E-state index contributed by atoms with van der Waals surface area (Å²) in [5.74, 6) is 0. The third-order valence-corrected chi connectivity index (χ3v) is 6.48. The van der Waals surface area contributed by atoms with Gasteiger partial charge in [0, 0.05) is 0 Å². The van der Waals surface area contributed by atoms with Crippen molar-refractivity contribution in [2.45, 2.75) is 90.0 Å². The lowest BCUT2D eigenvalue weighted by Gasteiger charge is -2.17. The number of aromatic nitrogens is 2. The maximum absolute atomic E-state index is 6.49. The molecule has 1 fully saturated rings. The number of imidazole rings is 1. The van der Waals surface area contributed by atoms with Crippen LogP contribution in [-0.2, 0) is 18.0 Å². The molecule has 1 aliphatic carbocycles. The van der Waals surface area contributed by atoms with Gasteiger partial charge >= 0.3 is 0 Å². The van der Waals surface area contributed by atoms with Crippen molar-refractivity contribution in [1.82, 2.24) is 4.57 Å². The minimum absolute atomic E-state index is 0.396. The molecule has 1 heterocycles. The number of rotatable bonds is 5. The molecule has 3 nitrogen and oxygen atoms in total. The second-order valence-electron chi connectivity index (χ2n) is 8.86. The zero-order chi connectivity index (χ0) is 20.4. The Labute approximate surface area is 181 Å². The quantitative estimate of drug-likeness (QED) is 0.436. The summed E-state index contributed by atoms with van der Waals surface area (Å²) in [6.45, 7) is 1.53. The Morgan fingerprint density at radius 2 is 1.33 bits per heavy atom. The third-order valence-electron chi connectivity index (χ3n) is 6.48. The fraction of sp³-hybridized carbons (Fsp3) is 0.519. The molecule has 0 aliphatic heterocycles. The van der Waals surface area contributed by atoms with Gasteiger partial charge in [-0.25, -0.2) is 9.13 Å². The van der Waals surface area contributed by atoms with E-state index in [1.165, 1.54) is 87.2 Å². The van der Waals surface area contributed by atoms with Crippen LogP contribution >= 0.6 is 0 Å². The van der Waals surface area contributed by atoms with E-state index in [9.17, 15) is 0 Å². The van der Waals surface area contributed by atoms with Gasteiger partial charge < -0.3 is 4.74 Å². The SMILES string of the molecule is c1ccc(C[n+]2cn(COC3CCCCCCCCCCC3)c3ccccc32)cc1. The van der Waals surface area contributed by atoms with Gasteiger partial charge in [-0.3, -0.25) is 0 Å². The Balaban J connectivity index is 1.43. The van der Waals surface area contributed by atoms with Gasteiger partial charge in [-0.1, -0.05) is 100 Å². The molecule has 1 aliphatic rings. The summed E-state index contributed by atoms with van der Waals surface area (Å²) in [5, 5.41) is 0. The van der Waals surface area contributed by atoms with E-state index in [1.54, 1.807) is 0 Å². The Morgan fingerprint density at radius 3 is 2.03 bits per heavy atom. The van der Waals surface area contributed by atoms with E-state index in [4.69, 9.17) is 4.74 Å². The number of fused-ring (bicyclic) bond motifs is 1. The van der Waals surface area contributed by atoms with Crippen molar-refractivity contribution in [3.8, 4) is 0 Å². The molecule has 0 N–H and O–H groups in total. The standard InChI is InChI=1S/C27H37N2O/c1-2-4-6-11-17-25(18-12-7-5-3-1)30-23-29-22-28(21-24-15-9-8-10-16-24)26-19-13-14-20-27(26)29/h8-10,13-16,19-20,22,25H,1-7,11-12,17-18,21,23H2/q+1. The smallest absolute Gasteiger partial charge is 0.246 e. The van der Waals surface area contributed by atoms with E-state index in [1.807, 2.05) is 0 Å². The van der Waals surface area contributed by atoms with Crippen molar-refractivity contribution in [1.29, 1.82) is 0 Å². The molecule has 0 bridgehead atoms. The first-order valence-electron chi connectivity index (χ1n) is 12.0. The highest BCUT2D eigenvalue weighted by atomic mass is 16.5. The monoisotopic (exact) mass is 405 g/mol. The van der Waals surface area contributed by atoms with Crippen molar-refractivity contribution in [2.75, 3.05) is 0 Å². The number of nitrogens with zero attached hydrogens (tertiary/aromatic N) is 2. The average molecular weight is 406 g/mol. The summed E-state index contributed by atoms with van der Waals surface area (Å²) < 4.78 is 11.1. The predicted octanol–water partition coefficient (Wildman–Crippen LogP) is 6.62. The summed E-state index contributed by atoms with van der Waals surface area (Å²) in [6, 6.07) is 19.4. The number of hydrogen-bond acceptors (Lipinski definition) is 1. The third kappa shape index (κ3) is 5.95. The van der Waals surface area contributed by atoms with Gasteiger partial charge in [0.2, 0.25) is 6.33 Å². The minimum atomic E-state index is 0.396. The molecule has 3 heteroatoms.